The molecule has 194 valence electrons. The highest BCUT2D eigenvalue weighted by molar-refractivity contribution is 5.94. The number of fused-ring (bicyclic) bond motifs is 1. The summed E-state index contributed by atoms with van der Waals surface area (Å²) in [6, 6.07) is 3.50. The van der Waals surface area contributed by atoms with Crippen LogP contribution in [0.15, 0.2) is 29.0 Å². The first kappa shape index (κ1) is 23.8. The Balaban J connectivity index is 1.36. The molecule has 0 unspecified atom stereocenters. The van der Waals surface area contributed by atoms with E-state index in [2.05, 4.69) is 35.3 Å². The third-order valence-corrected chi connectivity index (χ3v) is 7.31. The molecular formula is C25H25F4N7O. The lowest BCUT2D eigenvalue weighted by atomic mass is 10.0. The molecule has 8 nitrogen and oxygen atoms in total. The Kier molecular flexibility index (Phi) is 5.66. The van der Waals surface area contributed by atoms with E-state index in [0.29, 0.717) is 41.3 Å². The molecule has 4 aromatic heterocycles. The van der Waals surface area contributed by atoms with Crippen LogP contribution in [0.4, 0.5) is 23.5 Å². The third kappa shape index (κ3) is 4.22. The van der Waals surface area contributed by atoms with Crippen molar-refractivity contribution in [3.63, 3.8) is 0 Å². The highest BCUT2D eigenvalue weighted by Gasteiger charge is 2.40. The quantitative estimate of drug-likeness (QED) is 0.349. The average Bonchev–Trinajstić information content (AvgIpc) is 3.54. The minimum Gasteiger partial charge on any atom is -0.361 e. The molecule has 1 saturated carbocycles. The minimum atomic E-state index is -4.65. The molecule has 12 heteroatoms. The molecule has 2 N–H and O–H groups in total. The molecule has 37 heavy (non-hydrogen) atoms. The van der Waals surface area contributed by atoms with E-state index in [1.54, 1.807) is 26.0 Å². The van der Waals surface area contributed by atoms with Gasteiger partial charge in [0.25, 0.3) is 0 Å². The molecule has 2 atom stereocenters. The Morgan fingerprint density at radius 1 is 1.14 bits per heavy atom. The van der Waals surface area contributed by atoms with E-state index in [9.17, 15) is 17.6 Å². The number of nitrogens with one attached hydrogen (secondary N) is 2. The van der Waals surface area contributed by atoms with E-state index in [-0.39, 0.29) is 29.3 Å². The molecule has 0 radical (unpaired) electrons. The Hall–Kier alpha value is -3.54. The van der Waals surface area contributed by atoms with Crippen LogP contribution in [0.2, 0.25) is 0 Å². The Morgan fingerprint density at radius 2 is 1.95 bits per heavy atom. The number of anilines is 1. The summed E-state index contributed by atoms with van der Waals surface area (Å²) < 4.78 is 60.6. The van der Waals surface area contributed by atoms with Crippen molar-refractivity contribution in [1.29, 1.82) is 0 Å². The van der Waals surface area contributed by atoms with Gasteiger partial charge in [0.15, 0.2) is 0 Å². The van der Waals surface area contributed by atoms with Crippen LogP contribution in [-0.2, 0) is 6.18 Å². The van der Waals surface area contributed by atoms with Gasteiger partial charge in [-0.3, -0.25) is 4.90 Å². The van der Waals surface area contributed by atoms with Crippen LogP contribution in [0.1, 0.15) is 36.3 Å². The number of hydrogen-bond donors (Lipinski definition) is 2. The van der Waals surface area contributed by atoms with Gasteiger partial charge >= 0.3 is 6.18 Å². The van der Waals surface area contributed by atoms with Crippen LogP contribution in [0.3, 0.4) is 0 Å². The average molecular weight is 516 g/mol. The normalized spacial score (nSPS) is 21.0. The number of nitrogens with zero attached hydrogens (tertiary/aromatic N) is 5. The second-order valence-electron chi connectivity index (χ2n) is 9.75. The number of aromatic amines is 1. The summed E-state index contributed by atoms with van der Waals surface area (Å²) in [6.07, 6.45) is -0.491. The van der Waals surface area contributed by atoms with Crippen molar-refractivity contribution in [2.24, 2.45) is 0 Å². The van der Waals surface area contributed by atoms with Gasteiger partial charge in [-0.15, -0.1) is 0 Å². The van der Waals surface area contributed by atoms with Crippen LogP contribution in [-0.4, -0.2) is 61.3 Å². The molecule has 0 spiro atoms. The second-order valence-corrected chi connectivity index (χ2v) is 9.75. The SMILES string of the molecule is Cc1noc(C)c1-c1ccc2c(-c3nc(N[C@H]4CCC[C@H]4N4CC(F)C4)ncc3C(F)(F)F)c[nH]c2n1. The molecule has 6 rings (SSSR count). The van der Waals surface area contributed by atoms with Crippen LogP contribution in [0.5, 0.6) is 0 Å². The molecule has 0 bridgehead atoms. The first-order chi connectivity index (χ1) is 17.7. The molecule has 0 amide bonds. The number of pyridine rings is 1. The monoisotopic (exact) mass is 515 g/mol. The zero-order valence-electron chi connectivity index (χ0n) is 20.2. The number of aromatic nitrogens is 5. The highest BCUT2D eigenvalue weighted by Crippen LogP contribution is 2.39. The second kappa shape index (κ2) is 8.79. The van der Waals surface area contributed by atoms with Gasteiger partial charge in [-0.2, -0.15) is 13.2 Å². The summed E-state index contributed by atoms with van der Waals surface area (Å²) >= 11 is 0. The highest BCUT2D eigenvalue weighted by atomic mass is 19.4. The number of halogens is 4. The van der Waals surface area contributed by atoms with E-state index in [1.807, 2.05) is 0 Å². The molecule has 5 heterocycles. The van der Waals surface area contributed by atoms with Crippen molar-refractivity contribution >= 4 is 17.0 Å². The minimum absolute atomic E-state index is 0.0562. The van der Waals surface area contributed by atoms with Crippen molar-refractivity contribution in [3.05, 3.63) is 41.5 Å². The van der Waals surface area contributed by atoms with E-state index in [1.165, 1.54) is 6.20 Å². The number of hydrogen-bond acceptors (Lipinski definition) is 7. The van der Waals surface area contributed by atoms with Gasteiger partial charge in [-0.1, -0.05) is 5.16 Å². The molecule has 2 fully saturated rings. The van der Waals surface area contributed by atoms with Crippen LogP contribution < -0.4 is 5.32 Å². The van der Waals surface area contributed by atoms with Gasteiger partial charge in [-0.05, 0) is 45.2 Å². The topological polar surface area (TPSA) is 95.8 Å². The van der Waals surface area contributed by atoms with Crippen LogP contribution in [0.25, 0.3) is 33.5 Å². The third-order valence-electron chi connectivity index (χ3n) is 7.31. The fourth-order valence-corrected chi connectivity index (χ4v) is 5.49. The first-order valence-corrected chi connectivity index (χ1v) is 12.2. The number of likely N-dealkylation sites (tertiary alicyclic amines) is 1. The smallest absolute Gasteiger partial charge is 0.361 e. The predicted octanol–water partition coefficient (Wildman–Crippen LogP) is 5.30. The largest absolute Gasteiger partial charge is 0.419 e. The zero-order chi connectivity index (χ0) is 25.9. The zero-order valence-corrected chi connectivity index (χ0v) is 20.2. The van der Waals surface area contributed by atoms with E-state index >= 15 is 0 Å². The number of aryl methyl sites for hydroxylation is 2. The lowest BCUT2D eigenvalue weighted by molar-refractivity contribution is -0.137. The van der Waals surface area contributed by atoms with Gasteiger partial charge < -0.3 is 14.8 Å². The van der Waals surface area contributed by atoms with Gasteiger partial charge in [0.1, 0.15) is 23.1 Å². The van der Waals surface area contributed by atoms with Gasteiger partial charge in [0, 0.05) is 48.5 Å². The molecule has 1 aliphatic heterocycles. The van der Waals surface area contributed by atoms with E-state index < -0.39 is 17.9 Å². The Labute approximate surface area is 209 Å². The van der Waals surface area contributed by atoms with Crippen molar-refractivity contribution in [2.75, 3.05) is 18.4 Å². The fraction of sp³-hybridized carbons (Fsp3) is 0.440. The number of H-pyrrole nitrogens is 1. The molecule has 4 aromatic rings. The van der Waals surface area contributed by atoms with Gasteiger partial charge in [-0.25, -0.2) is 19.3 Å². The maximum absolute atomic E-state index is 14.0. The van der Waals surface area contributed by atoms with Crippen molar-refractivity contribution in [2.45, 2.75) is 57.5 Å². The van der Waals surface area contributed by atoms with Crippen molar-refractivity contribution in [3.8, 4) is 22.5 Å². The number of alkyl halides is 4. The molecular weight excluding hydrogens is 490 g/mol. The van der Waals surface area contributed by atoms with Crippen molar-refractivity contribution < 1.29 is 22.1 Å². The molecule has 2 aliphatic rings. The summed E-state index contributed by atoms with van der Waals surface area (Å²) in [4.78, 5) is 18.0. The Bertz CT molecular complexity index is 1440. The van der Waals surface area contributed by atoms with E-state index in [4.69, 9.17) is 4.52 Å². The maximum Gasteiger partial charge on any atom is 0.419 e. The number of rotatable bonds is 5. The summed E-state index contributed by atoms with van der Waals surface area (Å²) in [5.74, 6) is 0.722. The summed E-state index contributed by atoms with van der Waals surface area (Å²) in [7, 11) is 0. The molecule has 0 aromatic carbocycles. The lowest BCUT2D eigenvalue weighted by Crippen LogP contribution is -2.57. The van der Waals surface area contributed by atoms with Crippen LogP contribution >= 0.6 is 0 Å². The summed E-state index contributed by atoms with van der Waals surface area (Å²) in [5.41, 5.74) is 1.55. The van der Waals surface area contributed by atoms with Crippen molar-refractivity contribution in [1.82, 2.24) is 30.0 Å². The molecule has 1 aliphatic carbocycles. The van der Waals surface area contributed by atoms with Crippen LogP contribution in [0, 0.1) is 13.8 Å². The summed E-state index contributed by atoms with van der Waals surface area (Å²) in [5, 5.41) is 7.68. The van der Waals surface area contributed by atoms with E-state index in [0.717, 1.165) is 31.0 Å². The van der Waals surface area contributed by atoms with Gasteiger partial charge in [0.2, 0.25) is 5.95 Å². The van der Waals surface area contributed by atoms with Gasteiger partial charge in [0.05, 0.1) is 22.6 Å². The molecule has 1 saturated heterocycles. The maximum atomic E-state index is 14.0. The lowest BCUT2D eigenvalue weighted by Gasteiger charge is -2.41. The standard InChI is InChI=1S/C25H25F4N7O/c1-12-21(13(2)37-35-12)19-7-6-15-16(8-30-23(15)32-19)22-17(25(27,28)29)9-31-24(34-22)33-18-4-3-5-20(18)36-10-14(26)11-36/h6-9,14,18,20H,3-5,10-11H2,1-2H3,(H,30,32)(H,31,33,34)/t18-,20+/m0/s1. The summed E-state index contributed by atoms with van der Waals surface area (Å²) in [6.45, 7) is 4.36. The first-order valence-electron chi connectivity index (χ1n) is 12.2. The predicted molar refractivity (Wildman–Crippen MR) is 129 cm³/mol. The fourth-order valence-electron chi connectivity index (χ4n) is 5.49. The Morgan fingerprint density at radius 3 is 2.65 bits per heavy atom.